The molecule has 1 aliphatic rings. The summed E-state index contributed by atoms with van der Waals surface area (Å²) in [6.45, 7) is 12.5. The van der Waals surface area contributed by atoms with Gasteiger partial charge in [-0.1, -0.05) is 32.9 Å². The van der Waals surface area contributed by atoms with E-state index in [2.05, 4.69) is 63.8 Å². The van der Waals surface area contributed by atoms with E-state index in [0.717, 1.165) is 13.0 Å². The van der Waals surface area contributed by atoms with Crippen molar-refractivity contribution < 1.29 is 5.11 Å². The molecule has 1 aliphatic heterocycles. The number of hydrogen-bond donors (Lipinski definition) is 1. The molecule has 0 amide bonds. The van der Waals surface area contributed by atoms with Gasteiger partial charge >= 0.3 is 0 Å². The van der Waals surface area contributed by atoms with Crippen molar-refractivity contribution in [2.45, 2.75) is 52.0 Å². The molecule has 0 radical (unpaired) electrons. The van der Waals surface area contributed by atoms with Crippen LogP contribution in [0.3, 0.4) is 0 Å². The molecule has 2 heteroatoms. The Hall–Kier alpha value is -1.02. The summed E-state index contributed by atoms with van der Waals surface area (Å²) in [5.74, 6) is 0.370. The molecule has 0 saturated carbocycles. The van der Waals surface area contributed by atoms with Crippen LogP contribution in [0.15, 0.2) is 24.3 Å². The van der Waals surface area contributed by atoms with E-state index >= 15 is 0 Å². The van der Waals surface area contributed by atoms with Gasteiger partial charge in [-0.2, -0.15) is 0 Å². The Labute approximate surface area is 117 Å². The number of aliphatic hydroxyl groups is 1. The molecule has 1 atom stereocenters. The topological polar surface area (TPSA) is 23.5 Å². The van der Waals surface area contributed by atoms with E-state index in [9.17, 15) is 5.11 Å². The third kappa shape index (κ3) is 2.64. The number of aliphatic hydroxyl groups excluding tert-OH is 1. The zero-order valence-electron chi connectivity index (χ0n) is 12.9. The standard InChI is InChI=1S/C17H27NO/c1-16(2,3)13-6-8-15(9-7-13)18-11-10-14(12-19)17(18,4)5/h6-9,14,19H,10-12H2,1-5H3. The molecular weight excluding hydrogens is 234 g/mol. The highest BCUT2D eigenvalue weighted by Crippen LogP contribution is 2.38. The van der Waals surface area contributed by atoms with E-state index < -0.39 is 0 Å². The smallest absolute Gasteiger partial charge is 0.0482 e. The van der Waals surface area contributed by atoms with Crippen molar-refractivity contribution in [3.8, 4) is 0 Å². The van der Waals surface area contributed by atoms with E-state index in [1.165, 1.54) is 11.3 Å². The molecule has 1 saturated heterocycles. The van der Waals surface area contributed by atoms with Gasteiger partial charge in [-0.15, -0.1) is 0 Å². The number of anilines is 1. The van der Waals surface area contributed by atoms with Crippen LogP contribution in [0.5, 0.6) is 0 Å². The lowest BCUT2D eigenvalue weighted by Gasteiger charge is -2.37. The van der Waals surface area contributed by atoms with Crippen LogP contribution >= 0.6 is 0 Å². The summed E-state index contributed by atoms with van der Waals surface area (Å²) >= 11 is 0. The van der Waals surface area contributed by atoms with Crippen molar-refractivity contribution in [3.05, 3.63) is 29.8 Å². The molecular formula is C17H27NO. The van der Waals surface area contributed by atoms with Gasteiger partial charge < -0.3 is 10.0 Å². The Bertz CT molecular complexity index is 428. The lowest BCUT2D eigenvalue weighted by atomic mass is 9.86. The summed E-state index contributed by atoms with van der Waals surface area (Å²) in [6.07, 6.45) is 1.07. The van der Waals surface area contributed by atoms with Crippen LogP contribution in [0.2, 0.25) is 0 Å². The third-order valence-electron chi connectivity index (χ3n) is 4.66. The second-order valence-corrected chi connectivity index (χ2v) is 7.27. The fourth-order valence-corrected chi connectivity index (χ4v) is 3.06. The minimum absolute atomic E-state index is 0.0397. The highest BCUT2D eigenvalue weighted by Gasteiger charge is 2.40. The van der Waals surface area contributed by atoms with Crippen LogP contribution in [-0.4, -0.2) is 23.8 Å². The first-order valence-corrected chi connectivity index (χ1v) is 7.26. The molecule has 1 aromatic carbocycles. The molecule has 1 unspecified atom stereocenters. The average molecular weight is 261 g/mol. The predicted octanol–water partition coefficient (Wildman–Crippen LogP) is 3.58. The minimum Gasteiger partial charge on any atom is -0.396 e. The maximum absolute atomic E-state index is 9.49. The predicted molar refractivity (Wildman–Crippen MR) is 81.8 cm³/mol. The van der Waals surface area contributed by atoms with Gasteiger partial charge in [0.2, 0.25) is 0 Å². The summed E-state index contributed by atoms with van der Waals surface area (Å²) < 4.78 is 0. The van der Waals surface area contributed by atoms with Crippen LogP contribution in [0.25, 0.3) is 0 Å². The van der Waals surface area contributed by atoms with Gasteiger partial charge in [0, 0.05) is 30.3 Å². The fourth-order valence-electron chi connectivity index (χ4n) is 3.06. The third-order valence-corrected chi connectivity index (χ3v) is 4.66. The van der Waals surface area contributed by atoms with Crippen molar-refractivity contribution in [2.75, 3.05) is 18.1 Å². The van der Waals surface area contributed by atoms with Crippen molar-refractivity contribution >= 4 is 5.69 Å². The second kappa shape index (κ2) is 4.82. The van der Waals surface area contributed by atoms with Crippen molar-refractivity contribution in [2.24, 2.45) is 5.92 Å². The van der Waals surface area contributed by atoms with Gasteiger partial charge in [0.1, 0.15) is 0 Å². The number of nitrogens with zero attached hydrogens (tertiary/aromatic N) is 1. The number of benzene rings is 1. The van der Waals surface area contributed by atoms with Crippen molar-refractivity contribution in [1.82, 2.24) is 0 Å². The van der Waals surface area contributed by atoms with Crippen LogP contribution in [-0.2, 0) is 5.41 Å². The summed E-state index contributed by atoms with van der Waals surface area (Å²) in [4.78, 5) is 2.43. The van der Waals surface area contributed by atoms with Gasteiger partial charge in [-0.25, -0.2) is 0 Å². The molecule has 0 aromatic heterocycles. The Morgan fingerprint density at radius 2 is 1.79 bits per heavy atom. The van der Waals surface area contributed by atoms with Gasteiger partial charge in [0.15, 0.2) is 0 Å². The SMILES string of the molecule is CC(C)(C)c1ccc(N2CCC(CO)C2(C)C)cc1. The highest BCUT2D eigenvalue weighted by molar-refractivity contribution is 5.52. The molecule has 19 heavy (non-hydrogen) atoms. The largest absolute Gasteiger partial charge is 0.396 e. The molecule has 0 spiro atoms. The molecule has 2 nitrogen and oxygen atoms in total. The van der Waals surface area contributed by atoms with Crippen LogP contribution < -0.4 is 4.90 Å². The maximum Gasteiger partial charge on any atom is 0.0482 e. The van der Waals surface area contributed by atoms with Gasteiger partial charge in [0.25, 0.3) is 0 Å². The van der Waals surface area contributed by atoms with E-state index in [0.29, 0.717) is 5.92 Å². The molecule has 106 valence electrons. The summed E-state index contributed by atoms with van der Waals surface area (Å²) in [7, 11) is 0. The Morgan fingerprint density at radius 3 is 2.21 bits per heavy atom. The first-order valence-electron chi connectivity index (χ1n) is 7.26. The van der Waals surface area contributed by atoms with Crippen LogP contribution in [0.4, 0.5) is 5.69 Å². The lowest BCUT2D eigenvalue weighted by Crippen LogP contribution is -2.43. The van der Waals surface area contributed by atoms with E-state index in [1.54, 1.807) is 0 Å². The maximum atomic E-state index is 9.49. The minimum atomic E-state index is 0.0397. The van der Waals surface area contributed by atoms with Crippen molar-refractivity contribution in [3.63, 3.8) is 0 Å². The Balaban J connectivity index is 2.24. The normalized spacial score (nSPS) is 22.8. The van der Waals surface area contributed by atoms with Crippen LogP contribution in [0.1, 0.15) is 46.6 Å². The Kier molecular flexibility index (Phi) is 3.65. The van der Waals surface area contributed by atoms with E-state index in [4.69, 9.17) is 0 Å². The Morgan fingerprint density at radius 1 is 1.21 bits per heavy atom. The molecule has 1 N–H and O–H groups in total. The van der Waals surface area contributed by atoms with Crippen LogP contribution in [0, 0.1) is 5.92 Å². The zero-order valence-corrected chi connectivity index (χ0v) is 12.9. The molecule has 0 aliphatic carbocycles. The molecule has 1 aromatic rings. The lowest BCUT2D eigenvalue weighted by molar-refractivity contribution is 0.189. The second-order valence-electron chi connectivity index (χ2n) is 7.27. The number of rotatable bonds is 2. The molecule has 2 rings (SSSR count). The van der Waals surface area contributed by atoms with Crippen molar-refractivity contribution in [1.29, 1.82) is 0 Å². The first-order chi connectivity index (χ1) is 8.76. The quantitative estimate of drug-likeness (QED) is 0.879. The first kappa shape index (κ1) is 14.4. The van der Waals surface area contributed by atoms with Gasteiger partial charge in [-0.3, -0.25) is 0 Å². The average Bonchev–Trinajstić information content (AvgIpc) is 2.63. The van der Waals surface area contributed by atoms with Gasteiger partial charge in [-0.05, 0) is 43.4 Å². The summed E-state index contributed by atoms with van der Waals surface area (Å²) in [6, 6.07) is 8.92. The summed E-state index contributed by atoms with van der Waals surface area (Å²) in [5.41, 5.74) is 2.88. The monoisotopic (exact) mass is 261 g/mol. The molecule has 1 heterocycles. The fraction of sp³-hybridized carbons (Fsp3) is 0.647. The highest BCUT2D eigenvalue weighted by atomic mass is 16.3. The van der Waals surface area contributed by atoms with Gasteiger partial charge in [0.05, 0.1) is 0 Å². The molecule has 1 fully saturated rings. The van der Waals surface area contributed by atoms with E-state index in [1.807, 2.05) is 0 Å². The summed E-state index contributed by atoms with van der Waals surface area (Å²) in [5, 5.41) is 9.49. The molecule has 0 bridgehead atoms. The van der Waals surface area contributed by atoms with E-state index in [-0.39, 0.29) is 17.6 Å². The zero-order chi connectivity index (χ0) is 14.3. The number of hydrogen-bond acceptors (Lipinski definition) is 2.